The molecule has 0 radical (unpaired) electrons. The summed E-state index contributed by atoms with van der Waals surface area (Å²) in [5.41, 5.74) is 1.10. The molecule has 1 amide bonds. The van der Waals surface area contributed by atoms with Crippen LogP contribution < -0.4 is 9.46 Å². The minimum Gasteiger partial charge on any atom is -0.406 e. The molecule has 10 heteroatoms. The molecular formula is C20H21F3N2O4S. The minimum absolute atomic E-state index is 0.00297. The lowest BCUT2D eigenvalue weighted by atomic mass is 10.0. The van der Waals surface area contributed by atoms with E-state index in [9.17, 15) is 26.4 Å². The Kier molecular flexibility index (Phi) is 6.67. The van der Waals surface area contributed by atoms with E-state index in [0.717, 1.165) is 42.7 Å². The number of nitrogens with one attached hydrogen (secondary N) is 1. The standard InChI is InChI=1S/C20H21F3N2O4S/c21-20(22,23)29-17-8-10-18(11-9-17)30(27,28)24-14-19(26)25-12-4-7-16(25)13-15-5-2-1-3-6-15/h1-3,5-6,8-11,16,24H,4,7,12-14H2. The molecule has 1 saturated heterocycles. The van der Waals surface area contributed by atoms with Gasteiger partial charge in [0.05, 0.1) is 11.4 Å². The van der Waals surface area contributed by atoms with Crippen LogP contribution >= 0.6 is 0 Å². The average Bonchev–Trinajstić information content (AvgIpc) is 3.14. The van der Waals surface area contributed by atoms with Crippen molar-refractivity contribution in [3.63, 3.8) is 0 Å². The molecule has 162 valence electrons. The summed E-state index contributed by atoms with van der Waals surface area (Å²) in [6.07, 6.45) is -2.48. The van der Waals surface area contributed by atoms with E-state index in [1.54, 1.807) is 4.90 Å². The van der Waals surface area contributed by atoms with E-state index < -0.39 is 28.7 Å². The summed E-state index contributed by atoms with van der Waals surface area (Å²) < 4.78 is 67.3. The van der Waals surface area contributed by atoms with Crippen molar-refractivity contribution in [2.24, 2.45) is 0 Å². The zero-order valence-electron chi connectivity index (χ0n) is 15.9. The van der Waals surface area contributed by atoms with Gasteiger partial charge in [-0.05, 0) is 49.1 Å². The topological polar surface area (TPSA) is 75.7 Å². The van der Waals surface area contributed by atoms with Crippen LogP contribution in [0.3, 0.4) is 0 Å². The Morgan fingerprint density at radius 3 is 2.40 bits per heavy atom. The van der Waals surface area contributed by atoms with Gasteiger partial charge in [0.1, 0.15) is 5.75 Å². The summed E-state index contributed by atoms with van der Waals surface area (Å²) >= 11 is 0. The van der Waals surface area contributed by atoms with Gasteiger partial charge in [0.2, 0.25) is 15.9 Å². The van der Waals surface area contributed by atoms with Crippen LogP contribution in [0.2, 0.25) is 0 Å². The molecule has 30 heavy (non-hydrogen) atoms. The van der Waals surface area contributed by atoms with Crippen LogP contribution in [-0.4, -0.2) is 44.7 Å². The second kappa shape index (κ2) is 9.05. The second-order valence-electron chi connectivity index (χ2n) is 6.92. The first kappa shape index (κ1) is 22.1. The molecule has 1 atom stereocenters. The smallest absolute Gasteiger partial charge is 0.406 e. The lowest BCUT2D eigenvalue weighted by molar-refractivity contribution is -0.274. The molecule has 1 fully saturated rings. The van der Waals surface area contributed by atoms with E-state index in [0.29, 0.717) is 13.0 Å². The van der Waals surface area contributed by atoms with Crippen LogP contribution in [0, 0.1) is 0 Å². The quantitative estimate of drug-likeness (QED) is 0.715. The average molecular weight is 442 g/mol. The Morgan fingerprint density at radius 2 is 1.77 bits per heavy atom. The van der Waals surface area contributed by atoms with Gasteiger partial charge >= 0.3 is 6.36 Å². The molecule has 6 nitrogen and oxygen atoms in total. The highest BCUT2D eigenvalue weighted by atomic mass is 32.2. The van der Waals surface area contributed by atoms with Gasteiger partial charge in [-0.25, -0.2) is 13.1 Å². The van der Waals surface area contributed by atoms with Crippen molar-refractivity contribution in [3.8, 4) is 5.75 Å². The SMILES string of the molecule is O=C(CNS(=O)(=O)c1ccc(OC(F)(F)F)cc1)N1CCCC1Cc1ccccc1. The monoisotopic (exact) mass is 442 g/mol. The van der Waals surface area contributed by atoms with Crippen LogP contribution in [0.25, 0.3) is 0 Å². The van der Waals surface area contributed by atoms with Crippen LogP contribution in [0.5, 0.6) is 5.75 Å². The van der Waals surface area contributed by atoms with Gasteiger partial charge in [-0.2, -0.15) is 0 Å². The molecule has 1 unspecified atom stereocenters. The van der Waals surface area contributed by atoms with Crippen molar-refractivity contribution in [3.05, 3.63) is 60.2 Å². The predicted molar refractivity (Wildman–Crippen MR) is 103 cm³/mol. The number of benzene rings is 2. The number of carbonyl (C=O) groups is 1. The third-order valence-electron chi connectivity index (χ3n) is 4.79. The normalized spacial score (nSPS) is 17.2. The Bertz CT molecular complexity index is 964. The van der Waals surface area contributed by atoms with Crippen molar-refractivity contribution in [1.29, 1.82) is 0 Å². The van der Waals surface area contributed by atoms with Crippen LogP contribution in [0.1, 0.15) is 18.4 Å². The Morgan fingerprint density at radius 1 is 1.10 bits per heavy atom. The van der Waals surface area contributed by atoms with Gasteiger partial charge in [0, 0.05) is 12.6 Å². The maximum Gasteiger partial charge on any atom is 0.573 e. The fourth-order valence-electron chi connectivity index (χ4n) is 3.42. The zero-order valence-corrected chi connectivity index (χ0v) is 16.7. The van der Waals surface area contributed by atoms with E-state index in [4.69, 9.17) is 0 Å². The summed E-state index contributed by atoms with van der Waals surface area (Å²) in [6.45, 7) is 0.135. The predicted octanol–water partition coefficient (Wildman–Crippen LogP) is 3.10. The Balaban J connectivity index is 1.59. The van der Waals surface area contributed by atoms with Gasteiger partial charge in [0.25, 0.3) is 0 Å². The van der Waals surface area contributed by atoms with E-state index >= 15 is 0 Å². The Hall–Kier alpha value is -2.59. The third-order valence-corrected chi connectivity index (χ3v) is 6.21. The zero-order chi connectivity index (χ0) is 21.8. The number of amides is 1. The Labute approximate surface area is 172 Å². The number of nitrogens with zero attached hydrogens (tertiary/aromatic N) is 1. The number of halogens is 3. The molecule has 3 rings (SSSR count). The first-order valence-corrected chi connectivity index (χ1v) is 10.8. The number of likely N-dealkylation sites (tertiary alicyclic amines) is 1. The number of carbonyl (C=O) groups excluding carboxylic acids is 1. The van der Waals surface area contributed by atoms with E-state index in [2.05, 4.69) is 9.46 Å². The summed E-state index contributed by atoms with van der Waals surface area (Å²) in [6, 6.07) is 13.5. The molecule has 1 aliphatic heterocycles. The fourth-order valence-corrected chi connectivity index (χ4v) is 4.40. The lowest BCUT2D eigenvalue weighted by Gasteiger charge is -2.25. The van der Waals surface area contributed by atoms with Crippen LogP contribution in [0.4, 0.5) is 13.2 Å². The van der Waals surface area contributed by atoms with Crippen LogP contribution in [-0.2, 0) is 21.2 Å². The van der Waals surface area contributed by atoms with Crippen molar-refractivity contribution in [1.82, 2.24) is 9.62 Å². The molecule has 0 aliphatic carbocycles. The maximum absolute atomic E-state index is 12.6. The van der Waals surface area contributed by atoms with E-state index in [1.165, 1.54) is 0 Å². The number of ether oxygens (including phenoxy) is 1. The molecule has 0 saturated carbocycles. The molecule has 0 aromatic heterocycles. The third kappa shape index (κ3) is 5.96. The fraction of sp³-hybridized carbons (Fsp3) is 0.350. The molecule has 2 aromatic rings. The van der Waals surface area contributed by atoms with E-state index in [-0.39, 0.29) is 16.8 Å². The summed E-state index contributed by atoms with van der Waals surface area (Å²) in [5, 5.41) is 0. The molecule has 0 bridgehead atoms. The highest BCUT2D eigenvalue weighted by molar-refractivity contribution is 7.89. The van der Waals surface area contributed by atoms with Gasteiger partial charge in [0.15, 0.2) is 0 Å². The highest BCUT2D eigenvalue weighted by Gasteiger charge is 2.32. The minimum atomic E-state index is -4.86. The lowest BCUT2D eigenvalue weighted by Crippen LogP contribution is -2.43. The largest absolute Gasteiger partial charge is 0.573 e. The maximum atomic E-state index is 12.6. The number of alkyl halides is 3. The van der Waals surface area contributed by atoms with Crippen molar-refractivity contribution in [2.45, 2.75) is 36.6 Å². The number of rotatable bonds is 7. The molecule has 1 heterocycles. The van der Waals surface area contributed by atoms with Crippen molar-refractivity contribution in [2.75, 3.05) is 13.1 Å². The summed E-state index contributed by atoms with van der Waals surface area (Å²) in [5.74, 6) is -0.868. The summed E-state index contributed by atoms with van der Waals surface area (Å²) in [7, 11) is -4.06. The second-order valence-corrected chi connectivity index (χ2v) is 8.68. The highest BCUT2D eigenvalue weighted by Crippen LogP contribution is 2.24. The first-order valence-electron chi connectivity index (χ1n) is 9.33. The molecular weight excluding hydrogens is 421 g/mol. The molecule has 2 aromatic carbocycles. The van der Waals surface area contributed by atoms with E-state index in [1.807, 2.05) is 30.3 Å². The summed E-state index contributed by atoms with van der Waals surface area (Å²) in [4.78, 5) is 14.0. The van der Waals surface area contributed by atoms with Gasteiger partial charge < -0.3 is 9.64 Å². The van der Waals surface area contributed by atoms with Crippen LogP contribution in [0.15, 0.2) is 59.5 Å². The number of hydrogen-bond acceptors (Lipinski definition) is 4. The molecule has 0 spiro atoms. The van der Waals surface area contributed by atoms with Crippen molar-refractivity contribution >= 4 is 15.9 Å². The first-order chi connectivity index (χ1) is 14.1. The van der Waals surface area contributed by atoms with Gasteiger partial charge in [-0.3, -0.25) is 4.79 Å². The van der Waals surface area contributed by atoms with Gasteiger partial charge in [-0.1, -0.05) is 30.3 Å². The van der Waals surface area contributed by atoms with Gasteiger partial charge in [-0.15, -0.1) is 13.2 Å². The molecule has 1 aliphatic rings. The van der Waals surface area contributed by atoms with Crippen molar-refractivity contribution < 1.29 is 31.1 Å². The number of hydrogen-bond donors (Lipinski definition) is 1. The number of sulfonamides is 1. The molecule has 1 N–H and O–H groups in total.